The standard InChI is InChI=1S/C14H23N3O3/c1-7-10-8-11(17(6)16-10)12(18)15-9(2)13(19)20-14(3,4)5/h8-9H,7H2,1-6H3,(H,15,18)/t9-/m1/s1. The van der Waals surface area contributed by atoms with Gasteiger partial charge < -0.3 is 10.1 Å². The van der Waals surface area contributed by atoms with Crippen molar-refractivity contribution in [3.05, 3.63) is 17.5 Å². The Balaban J connectivity index is 2.70. The van der Waals surface area contributed by atoms with Crippen LogP contribution in [0.15, 0.2) is 6.07 Å². The van der Waals surface area contributed by atoms with Crippen LogP contribution in [0.2, 0.25) is 0 Å². The highest BCUT2D eigenvalue weighted by molar-refractivity contribution is 5.95. The van der Waals surface area contributed by atoms with E-state index in [1.807, 2.05) is 6.92 Å². The van der Waals surface area contributed by atoms with E-state index < -0.39 is 17.6 Å². The van der Waals surface area contributed by atoms with Crippen molar-refractivity contribution in [3.8, 4) is 0 Å². The first kappa shape index (κ1) is 16.2. The number of carbonyl (C=O) groups is 2. The van der Waals surface area contributed by atoms with Gasteiger partial charge in [0.25, 0.3) is 5.91 Å². The fraction of sp³-hybridized carbons (Fsp3) is 0.643. The molecular formula is C14H23N3O3. The van der Waals surface area contributed by atoms with E-state index in [2.05, 4.69) is 10.4 Å². The van der Waals surface area contributed by atoms with Gasteiger partial charge in [0, 0.05) is 7.05 Å². The second-order valence-corrected chi connectivity index (χ2v) is 5.73. The van der Waals surface area contributed by atoms with Gasteiger partial charge in [-0.05, 0) is 40.2 Å². The third kappa shape index (κ3) is 4.36. The van der Waals surface area contributed by atoms with Gasteiger partial charge in [-0.1, -0.05) is 6.92 Å². The molecule has 0 saturated heterocycles. The van der Waals surface area contributed by atoms with Crippen molar-refractivity contribution < 1.29 is 14.3 Å². The lowest BCUT2D eigenvalue weighted by molar-refractivity contribution is -0.156. The quantitative estimate of drug-likeness (QED) is 0.848. The minimum absolute atomic E-state index is 0.335. The maximum absolute atomic E-state index is 12.1. The van der Waals surface area contributed by atoms with Crippen molar-refractivity contribution in [1.82, 2.24) is 15.1 Å². The smallest absolute Gasteiger partial charge is 0.328 e. The van der Waals surface area contributed by atoms with Crippen molar-refractivity contribution in [2.75, 3.05) is 0 Å². The number of amides is 1. The minimum atomic E-state index is -0.707. The van der Waals surface area contributed by atoms with Gasteiger partial charge in [0.05, 0.1) is 5.69 Å². The molecule has 0 radical (unpaired) electrons. The van der Waals surface area contributed by atoms with Gasteiger partial charge in [-0.2, -0.15) is 5.10 Å². The van der Waals surface area contributed by atoms with E-state index in [-0.39, 0.29) is 5.91 Å². The molecule has 1 aromatic heterocycles. The summed E-state index contributed by atoms with van der Waals surface area (Å²) in [5, 5.41) is 6.82. The number of hydrogen-bond donors (Lipinski definition) is 1. The summed E-state index contributed by atoms with van der Waals surface area (Å²) in [7, 11) is 1.70. The van der Waals surface area contributed by atoms with E-state index in [0.29, 0.717) is 5.69 Å². The van der Waals surface area contributed by atoms with E-state index >= 15 is 0 Å². The summed E-state index contributed by atoms with van der Waals surface area (Å²) in [4.78, 5) is 23.9. The fourth-order valence-corrected chi connectivity index (χ4v) is 1.63. The average molecular weight is 281 g/mol. The Kier molecular flexibility index (Phi) is 4.92. The first-order valence-electron chi connectivity index (χ1n) is 6.70. The summed E-state index contributed by atoms with van der Waals surface area (Å²) in [5.41, 5.74) is 0.692. The predicted octanol–water partition coefficient (Wildman–Crippen LogP) is 1.44. The minimum Gasteiger partial charge on any atom is -0.458 e. The molecule has 1 aromatic rings. The third-order valence-corrected chi connectivity index (χ3v) is 2.63. The molecule has 6 nitrogen and oxygen atoms in total. The second-order valence-electron chi connectivity index (χ2n) is 5.73. The summed E-state index contributed by atoms with van der Waals surface area (Å²) >= 11 is 0. The molecule has 0 saturated carbocycles. The number of aryl methyl sites for hydroxylation is 2. The Morgan fingerprint density at radius 1 is 1.45 bits per heavy atom. The van der Waals surface area contributed by atoms with Crippen LogP contribution in [0.4, 0.5) is 0 Å². The van der Waals surface area contributed by atoms with E-state index in [1.54, 1.807) is 40.8 Å². The molecule has 0 spiro atoms. The molecule has 112 valence electrons. The van der Waals surface area contributed by atoms with Crippen LogP contribution >= 0.6 is 0 Å². The molecule has 6 heteroatoms. The highest BCUT2D eigenvalue weighted by Crippen LogP contribution is 2.09. The number of rotatable bonds is 4. The molecule has 1 atom stereocenters. The first-order chi connectivity index (χ1) is 9.14. The number of hydrogen-bond acceptors (Lipinski definition) is 4. The second kappa shape index (κ2) is 6.07. The molecule has 0 bridgehead atoms. The molecule has 0 aliphatic rings. The van der Waals surface area contributed by atoms with Crippen LogP contribution in [-0.4, -0.2) is 33.3 Å². The topological polar surface area (TPSA) is 73.2 Å². The summed E-state index contributed by atoms with van der Waals surface area (Å²) in [6.45, 7) is 8.92. The van der Waals surface area contributed by atoms with Gasteiger partial charge in [-0.25, -0.2) is 4.79 Å². The molecule has 0 aliphatic carbocycles. The van der Waals surface area contributed by atoms with Crippen LogP contribution in [0.3, 0.4) is 0 Å². The Morgan fingerprint density at radius 3 is 2.50 bits per heavy atom. The van der Waals surface area contributed by atoms with Gasteiger partial charge >= 0.3 is 5.97 Å². The molecule has 1 N–H and O–H groups in total. The maximum Gasteiger partial charge on any atom is 0.328 e. The lowest BCUT2D eigenvalue weighted by atomic mass is 10.2. The molecular weight excluding hydrogens is 258 g/mol. The van der Waals surface area contributed by atoms with Crippen LogP contribution in [-0.2, 0) is 23.0 Å². The van der Waals surface area contributed by atoms with E-state index in [4.69, 9.17) is 4.74 Å². The van der Waals surface area contributed by atoms with Crippen molar-refractivity contribution in [2.45, 2.75) is 52.7 Å². The largest absolute Gasteiger partial charge is 0.458 e. The van der Waals surface area contributed by atoms with Crippen molar-refractivity contribution in [2.24, 2.45) is 7.05 Å². The molecule has 1 heterocycles. The lowest BCUT2D eigenvalue weighted by Gasteiger charge is -2.22. The zero-order valence-electron chi connectivity index (χ0n) is 13.0. The molecule has 1 amide bonds. The maximum atomic E-state index is 12.1. The van der Waals surface area contributed by atoms with Crippen molar-refractivity contribution in [3.63, 3.8) is 0 Å². The summed E-state index contributed by atoms with van der Waals surface area (Å²) in [5.74, 6) is -0.790. The van der Waals surface area contributed by atoms with Crippen LogP contribution in [0.5, 0.6) is 0 Å². The fourth-order valence-electron chi connectivity index (χ4n) is 1.63. The first-order valence-corrected chi connectivity index (χ1v) is 6.70. The lowest BCUT2D eigenvalue weighted by Crippen LogP contribution is -2.42. The van der Waals surface area contributed by atoms with Crippen molar-refractivity contribution in [1.29, 1.82) is 0 Å². The highest BCUT2D eigenvalue weighted by Gasteiger charge is 2.24. The normalized spacial score (nSPS) is 12.9. The van der Waals surface area contributed by atoms with E-state index in [0.717, 1.165) is 12.1 Å². The Morgan fingerprint density at radius 2 is 2.05 bits per heavy atom. The Labute approximate surface area is 119 Å². The molecule has 0 aliphatic heterocycles. The van der Waals surface area contributed by atoms with Crippen LogP contribution in [0.1, 0.15) is 50.8 Å². The van der Waals surface area contributed by atoms with Crippen LogP contribution < -0.4 is 5.32 Å². The van der Waals surface area contributed by atoms with Gasteiger partial charge in [-0.15, -0.1) is 0 Å². The zero-order chi connectivity index (χ0) is 15.5. The SMILES string of the molecule is CCc1cc(C(=O)N[C@H](C)C(=O)OC(C)(C)C)n(C)n1. The molecule has 1 rings (SSSR count). The number of nitrogens with zero attached hydrogens (tertiary/aromatic N) is 2. The van der Waals surface area contributed by atoms with Gasteiger partial charge in [0.1, 0.15) is 17.3 Å². The van der Waals surface area contributed by atoms with Crippen molar-refractivity contribution >= 4 is 11.9 Å². The third-order valence-electron chi connectivity index (χ3n) is 2.63. The molecule has 20 heavy (non-hydrogen) atoms. The summed E-state index contributed by atoms with van der Waals surface area (Å²) in [6.07, 6.45) is 0.753. The van der Waals surface area contributed by atoms with E-state index in [9.17, 15) is 9.59 Å². The van der Waals surface area contributed by atoms with Crippen LogP contribution in [0, 0.1) is 0 Å². The Bertz CT molecular complexity index is 500. The monoisotopic (exact) mass is 281 g/mol. The van der Waals surface area contributed by atoms with Gasteiger partial charge in [0.15, 0.2) is 0 Å². The summed E-state index contributed by atoms with van der Waals surface area (Å²) in [6, 6.07) is 1.01. The number of esters is 1. The van der Waals surface area contributed by atoms with E-state index in [1.165, 1.54) is 4.68 Å². The number of nitrogens with one attached hydrogen (secondary N) is 1. The molecule has 0 aromatic carbocycles. The molecule has 0 fully saturated rings. The number of aromatic nitrogens is 2. The zero-order valence-corrected chi connectivity index (χ0v) is 13.0. The average Bonchev–Trinajstić information content (AvgIpc) is 2.68. The van der Waals surface area contributed by atoms with Gasteiger partial charge in [0.2, 0.25) is 0 Å². The Hall–Kier alpha value is -1.85. The highest BCUT2D eigenvalue weighted by atomic mass is 16.6. The van der Waals surface area contributed by atoms with Crippen LogP contribution in [0.25, 0.3) is 0 Å². The van der Waals surface area contributed by atoms with Gasteiger partial charge in [-0.3, -0.25) is 9.48 Å². The number of ether oxygens (including phenoxy) is 1. The number of carbonyl (C=O) groups excluding carboxylic acids is 2. The molecule has 0 unspecified atom stereocenters. The summed E-state index contributed by atoms with van der Waals surface area (Å²) < 4.78 is 6.73. The predicted molar refractivity (Wildman–Crippen MR) is 75.4 cm³/mol.